The molecule has 0 spiro atoms. The predicted molar refractivity (Wildman–Crippen MR) is 100.0 cm³/mol. The van der Waals surface area contributed by atoms with Crippen LogP contribution in [0.2, 0.25) is 0 Å². The molecule has 0 aliphatic carbocycles. The molecule has 0 N–H and O–H groups in total. The minimum absolute atomic E-state index is 0.0692. The summed E-state index contributed by atoms with van der Waals surface area (Å²) in [6.45, 7) is 0.0988. The number of anilines is 1. The van der Waals surface area contributed by atoms with Crippen molar-refractivity contribution in [3.63, 3.8) is 0 Å². The molecule has 5 nitrogen and oxygen atoms in total. The van der Waals surface area contributed by atoms with Crippen LogP contribution in [0.15, 0.2) is 64.3 Å². The van der Waals surface area contributed by atoms with E-state index in [-0.39, 0.29) is 30.8 Å². The second-order valence-electron chi connectivity index (χ2n) is 6.14. The monoisotopic (exact) mass is 413 g/mol. The van der Waals surface area contributed by atoms with E-state index < -0.39 is 0 Å². The lowest BCUT2D eigenvalue weighted by atomic mass is 9.83. The third-order valence-corrected chi connectivity index (χ3v) is 5.25. The number of nitrogens with zero attached hydrogens (tertiary/aromatic N) is 1. The van der Waals surface area contributed by atoms with Gasteiger partial charge in [-0.2, -0.15) is 0 Å². The van der Waals surface area contributed by atoms with E-state index in [1.807, 2.05) is 48.5 Å². The van der Waals surface area contributed by atoms with Gasteiger partial charge >= 0.3 is 5.97 Å². The minimum Gasteiger partial charge on any atom is -0.496 e. The number of methoxy groups -OCH3 is 1. The van der Waals surface area contributed by atoms with Gasteiger partial charge in [0, 0.05) is 28.1 Å². The van der Waals surface area contributed by atoms with Crippen LogP contribution in [0, 0.1) is 0 Å². The van der Waals surface area contributed by atoms with Crippen molar-refractivity contribution in [1.82, 2.24) is 0 Å². The molecule has 2 heterocycles. The second kappa shape index (κ2) is 6.61. The standard InChI is InChI=1S/C20H16BrNO4/c1-25-17-5-3-2-4-14(17)15-10-18(23)22(13-8-6-12(21)7-9-13)16-11-26-20(24)19(15)16/h2-9,15H,10-11H2,1H3/t15-/m1/s1. The van der Waals surface area contributed by atoms with E-state index in [0.29, 0.717) is 17.0 Å². The van der Waals surface area contributed by atoms with E-state index in [9.17, 15) is 9.59 Å². The van der Waals surface area contributed by atoms with Gasteiger partial charge in [-0.3, -0.25) is 9.69 Å². The Bertz CT molecular complexity index is 920. The summed E-state index contributed by atoms with van der Waals surface area (Å²) in [5, 5.41) is 0. The van der Waals surface area contributed by atoms with Gasteiger partial charge in [-0.25, -0.2) is 4.79 Å². The lowest BCUT2D eigenvalue weighted by molar-refractivity contribution is -0.136. The summed E-state index contributed by atoms with van der Waals surface area (Å²) in [7, 11) is 1.58. The van der Waals surface area contributed by atoms with Crippen molar-refractivity contribution in [1.29, 1.82) is 0 Å². The van der Waals surface area contributed by atoms with Crippen molar-refractivity contribution in [2.24, 2.45) is 0 Å². The molecule has 1 atom stereocenters. The van der Waals surface area contributed by atoms with Crippen molar-refractivity contribution in [2.45, 2.75) is 12.3 Å². The highest BCUT2D eigenvalue weighted by molar-refractivity contribution is 9.10. The number of esters is 1. The van der Waals surface area contributed by atoms with Crippen molar-refractivity contribution in [3.05, 3.63) is 69.8 Å². The average molecular weight is 414 g/mol. The summed E-state index contributed by atoms with van der Waals surface area (Å²) >= 11 is 3.40. The molecular weight excluding hydrogens is 398 g/mol. The number of para-hydroxylation sites is 1. The van der Waals surface area contributed by atoms with E-state index in [1.54, 1.807) is 12.0 Å². The van der Waals surface area contributed by atoms with Gasteiger partial charge in [0.1, 0.15) is 12.4 Å². The number of benzene rings is 2. The third kappa shape index (κ3) is 2.70. The number of cyclic esters (lactones) is 1. The van der Waals surface area contributed by atoms with Crippen molar-refractivity contribution in [3.8, 4) is 5.75 Å². The fourth-order valence-electron chi connectivity index (χ4n) is 3.56. The number of amides is 1. The Kier molecular flexibility index (Phi) is 4.28. The average Bonchev–Trinajstić information content (AvgIpc) is 3.04. The molecule has 4 rings (SSSR count). The highest BCUT2D eigenvalue weighted by atomic mass is 79.9. The van der Waals surface area contributed by atoms with Crippen LogP contribution in [0.1, 0.15) is 17.9 Å². The van der Waals surface area contributed by atoms with E-state index in [1.165, 1.54) is 0 Å². The summed E-state index contributed by atoms with van der Waals surface area (Å²) < 4.78 is 11.7. The van der Waals surface area contributed by atoms with Gasteiger partial charge < -0.3 is 9.47 Å². The molecule has 0 fully saturated rings. The van der Waals surface area contributed by atoms with Crippen LogP contribution in [0.5, 0.6) is 5.75 Å². The van der Waals surface area contributed by atoms with E-state index in [4.69, 9.17) is 9.47 Å². The Balaban J connectivity index is 1.84. The summed E-state index contributed by atoms with van der Waals surface area (Å²) in [6, 6.07) is 14.9. The molecule has 6 heteroatoms. The zero-order valence-corrected chi connectivity index (χ0v) is 15.7. The Hall–Kier alpha value is -2.60. The fraction of sp³-hybridized carbons (Fsp3) is 0.200. The highest BCUT2D eigenvalue weighted by Gasteiger charge is 2.43. The fourth-order valence-corrected chi connectivity index (χ4v) is 3.83. The first-order valence-electron chi connectivity index (χ1n) is 8.21. The first-order chi connectivity index (χ1) is 12.6. The number of halogens is 1. The number of ether oxygens (including phenoxy) is 2. The molecule has 0 saturated carbocycles. The molecule has 2 aromatic carbocycles. The normalized spacial score (nSPS) is 19.5. The maximum absolute atomic E-state index is 13.0. The van der Waals surface area contributed by atoms with Gasteiger partial charge in [-0.05, 0) is 30.3 Å². The van der Waals surface area contributed by atoms with Crippen LogP contribution < -0.4 is 9.64 Å². The van der Waals surface area contributed by atoms with Gasteiger partial charge in [-0.15, -0.1) is 0 Å². The molecule has 132 valence electrons. The van der Waals surface area contributed by atoms with Gasteiger partial charge in [0.2, 0.25) is 5.91 Å². The maximum Gasteiger partial charge on any atom is 0.336 e. The molecule has 0 unspecified atom stereocenters. The zero-order chi connectivity index (χ0) is 18.3. The largest absolute Gasteiger partial charge is 0.496 e. The molecule has 26 heavy (non-hydrogen) atoms. The summed E-state index contributed by atoms with van der Waals surface area (Å²) in [5.74, 6) is -0.143. The number of hydrogen-bond acceptors (Lipinski definition) is 4. The molecule has 0 aromatic heterocycles. The number of hydrogen-bond donors (Lipinski definition) is 0. The lowest BCUT2D eigenvalue weighted by Gasteiger charge is -2.32. The zero-order valence-electron chi connectivity index (χ0n) is 14.1. The molecular formula is C20H16BrNO4. The van der Waals surface area contributed by atoms with Crippen LogP contribution in [-0.4, -0.2) is 25.6 Å². The van der Waals surface area contributed by atoms with Crippen LogP contribution in [0.3, 0.4) is 0 Å². The molecule has 1 amide bonds. The third-order valence-electron chi connectivity index (χ3n) is 4.72. The minimum atomic E-state index is -0.370. The molecule has 2 aliphatic heterocycles. The molecule has 2 aromatic rings. The van der Waals surface area contributed by atoms with Crippen LogP contribution in [-0.2, 0) is 14.3 Å². The highest BCUT2D eigenvalue weighted by Crippen LogP contribution is 2.44. The van der Waals surface area contributed by atoms with Crippen LogP contribution in [0.25, 0.3) is 0 Å². The summed E-state index contributed by atoms with van der Waals surface area (Å²) in [5.41, 5.74) is 2.70. The smallest absolute Gasteiger partial charge is 0.336 e. The van der Waals surface area contributed by atoms with Gasteiger partial charge in [0.25, 0.3) is 0 Å². The first-order valence-corrected chi connectivity index (χ1v) is 9.01. The molecule has 0 saturated heterocycles. The Morgan fingerprint density at radius 3 is 2.58 bits per heavy atom. The Morgan fingerprint density at radius 2 is 1.85 bits per heavy atom. The SMILES string of the molecule is COc1ccccc1[C@H]1CC(=O)N(c2ccc(Br)cc2)C2=C1C(=O)OC2. The van der Waals surface area contributed by atoms with Gasteiger partial charge in [0.05, 0.1) is 18.4 Å². The lowest BCUT2D eigenvalue weighted by Crippen LogP contribution is -2.37. The van der Waals surface area contributed by atoms with E-state index in [2.05, 4.69) is 15.9 Å². The topological polar surface area (TPSA) is 55.8 Å². The van der Waals surface area contributed by atoms with Crippen LogP contribution in [0.4, 0.5) is 5.69 Å². The maximum atomic E-state index is 13.0. The first kappa shape index (κ1) is 16.8. The Labute approximate surface area is 159 Å². The quantitative estimate of drug-likeness (QED) is 0.718. The van der Waals surface area contributed by atoms with Gasteiger partial charge in [-0.1, -0.05) is 34.1 Å². The van der Waals surface area contributed by atoms with Crippen molar-refractivity contribution >= 4 is 33.5 Å². The molecule has 0 radical (unpaired) electrons. The summed E-state index contributed by atoms with van der Waals surface area (Å²) in [6.07, 6.45) is 0.185. The predicted octanol–water partition coefficient (Wildman–Crippen LogP) is 3.79. The number of carbonyl (C=O) groups is 2. The van der Waals surface area contributed by atoms with Crippen LogP contribution >= 0.6 is 15.9 Å². The van der Waals surface area contributed by atoms with Crippen molar-refractivity contribution < 1.29 is 19.1 Å². The number of rotatable bonds is 3. The second-order valence-corrected chi connectivity index (χ2v) is 7.06. The van der Waals surface area contributed by atoms with E-state index >= 15 is 0 Å². The van der Waals surface area contributed by atoms with E-state index in [0.717, 1.165) is 15.7 Å². The Morgan fingerprint density at radius 1 is 1.12 bits per heavy atom. The summed E-state index contributed by atoms with van der Waals surface area (Å²) in [4.78, 5) is 27.0. The molecule has 0 bridgehead atoms. The molecule has 2 aliphatic rings. The van der Waals surface area contributed by atoms with Crippen molar-refractivity contribution in [2.75, 3.05) is 18.6 Å². The van der Waals surface area contributed by atoms with Gasteiger partial charge in [0.15, 0.2) is 0 Å². The number of carbonyl (C=O) groups excluding carboxylic acids is 2.